The van der Waals surface area contributed by atoms with Crippen LogP contribution in [-0.2, 0) is 21.3 Å². The van der Waals surface area contributed by atoms with E-state index in [9.17, 15) is 23.3 Å². The molecular formula is C49H55N7O7S. The van der Waals surface area contributed by atoms with Crippen LogP contribution in [0.2, 0.25) is 0 Å². The van der Waals surface area contributed by atoms with E-state index >= 15 is 0 Å². The van der Waals surface area contributed by atoms with Crippen LogP contribution in [0.3, 0.4) is 0 Å². The Kier molecular flexibility index (Phi) is 11.2. The second-order valence-electron chi connectivity index (χ2n) is 18.7. The van der Waals surface area contributed by atoms with Crippen LogP contribution in [0, 0.1) is 21.4 Å². The maximum absolute atomic E-state index is 14.1. The van der Waals surface area contributed by atoms with Gasteiger partial charge in [-0.3, -0.25) is 19.8 Å². The number of sulfonamides is 1. The number of carbonyl (C=O) groups excluding carboxylic acids is 1. The van der Waals surface area contributed by atoms with Gasteiger partial charge in [-0.25, -0.2) is 18.1 Å². The maximum atomic E-state index is 14.1. The van der Waals surface area contributed by atoms with E-state index in [0.717, 1.165) is 62.5 Å². The fraction of sp³-hybridized carbons (Fsp3) is 0.429. The van der Waals surface area contributed by atoms with Crippen molar-refractivity contribution in [3.05, 3.63) is 118 Å². The summed E-state index contributed by atoms with van der Waals surface area (Å²) in [6.45, 7) is 9.25. The molecule has 6 aromatic rings. The number of hydrogen-bond donors (Lipinski definition) is 2. The van der Waals surface area contributed by atoms with E-state index in [0.29, 0.717) is 65.5 Å². The van der Waals surface area contributed by atoms with E-state index in [1.165, 1.54) is 42.9 Å². The Balaban J connectivity index is 0.870. The molecule has 1 amide bonds. The van der Waals surface area contributed by atoms with Crippen molar-refractivity contribution in [2.24, 2.45) is 11.3 Å². The summed E-state index contributed by atoms with van der Waals surface area (Å²) in [5.74, 6) is 0.396. The predicted molar refractivity (Wildman–Crippen MR) is 246 cm³/mol. The van der Waals surface area contributed by atoms with Crippen LogP contribution < -0.4 is 14.4 Å². The number of carbonyl (C=O) groups is 1. The van der Waals surface area contributed by atoms with Crippen LogP contribution in [0.25, 0.3) is 21.9 Å². The molecule has 1 aliphatic carbocycles. The van der Waals surface area contributed by atoms with Crippen molar-refractivity contribution < 1.29 is 27.6 Å². The minimum Gasteiger partial charge on any atom is -0.455 e. The summed E-state index contributed by atoms with van der Waals surface area (Å²) in [7, 11) is -4.58. The fourth-order valence-corrected chi connectivity index (χ4v) is 12.0. The Hall–Kier alpha value is -5.77. The van der Waals surface area contributed by atoms with Crippen molar-refractivity contribution in [3.8, 4) is 11.5 Å². The third-order valence-electron chi connectivity index (χ3n) is 14.4. The van der Waals surface area contributed by atoms with Crippen LogP contribution >= 0.6 is 0 Å². The highest BCUT2D eigenvalue weighted by Gasteiger charge is 2.50. The molecule has 3 aromatic carbocycles. The number of benzene rings is 3. The molecule has 15 heteroatoms. The van der Waals surface area contributed by atoms with Gasteiger partial charge in [0.2, 0.25) is 0 Å². The Labute approximate surface area is 373 Å². The Morgan fingerprint density at radius 1 is 1.00 bits per heavy atom. The first kappa shape index (κ1) is 42.2. The Morgan fingerprint density at radius 3 is 2.58 bits per heavy atom. The Morgan fingerprint density at radius 2 is 1.80 bits per heavy atom. The number of rotatable bonds is 12. The smallest absolute Gasteiger partial charge is 0.294 e. The van der Waals surface area contributed by atoms with E-state index in [4.69, 9.17) is 9.47 Å². The number of nitro groups is 1. The minimum absolute atomic E-state index is 0.00537. The number of nitrogens with one attached hydrogen (secondary N) is 2. The number of aromatic nitrogens is 3. The molecule has 0 radical (unpaired) electrons. The molecule has 3 saturated heterocycles. The summed E-state index contributed by atoms with van der Waals surface area (Å²) in [6, 6.07) is 23.0. The standard InChI is InChI=1S/C49H55N7O7S/c1-32(2)40-6-3-4-7-41(40)43-8-5-18-55(43)37-28-49(29-37)15-20-53(21-16-49)36-9-10-42(45(26-36)63-38-24-35-11-17-50-47(35)51-30-38)48(57)52-64(60,61)39-25-34-12-19-54(31-33-13-22-62-23-14-33)46(34)44(27-39)56(58)59/h3-4,6-7,9-12,17,19,24-27,30,32-33,37,43H,5,8,13-16,18,20-23,28-29,31H2,1-2H3,(H,50,51)(H,52,57)/t43-/m0/s1. The van der Waals surface area contributed by atoms with Crippen LogP contribution in [0.1, 0.15) is 98.7 Å². The van der Waals surface area contributed by atoms with Crippen molar-refractivity contribution in [1.82, 2.24) is 24.2 Å². The monoisotopic (exact) mass is 885 g/mol. The van der Waals surface area contributed by atoms with Gasteiger partial charge >= 0.3 is 0 Å². The molecule has 4 aliphatic rings. The van der Waals surface area contributed by atoms with Crippen LogP contribution in [0.4, 0.5) is 11.4 Å². The molecule has 4 fully saturated rings. The van der Waals surface area contributed by atoms with E-state index < -0.39 is 20.9 Å². The minimum atomic E-state index is -4.58. The van der Waals surface area contributed by atoms with Crippen molar-refractivity contribution >= 4 is 49.2 Å². The average Bonchev–Trinajstić information content (AvgIpc) is 4.06. The summed E-state index contributed by atoms with van der Waals surface area (Å²) >= 11 is 0. The molecule has 0 unspecified atom stereocenters. The van der Waals surface area contributed by atoms with Gasteiger partial charge in [0.15, 0.2) is 0 Å². The van der Waals surface area contributed by atoms with Crippen LogP contribution in [0.15, 0.2) is 96.3 Å². The molecule has 2 N–H and O–H groups in total. The molecule has 1 saturated carbocycles. The number of hydrogen-bond acceptors (Lipinski definition) is 10. The van der Waals surface area contributed by atoms with Gasteiger partial charge in [0.25, 0.3) is 21.6 Å². The van der Waals surface area contributed by atoms with Crippen LogP contribution in [0.5, 0.6) is 11.5 Å². The summed E-state index contributed by atoms with van der Waals surface area (Å²) in [6.07, 6.45) is 13.7. The molecular weight excluding hydrogens is 831 g/mol. The number of likely N-dealkylation sites (tertiary alicyclic amines) is 1. The highest BCUT2D eigenvalue weighted by molar-refractivity contribution is 7.90. The predicted octanol–water partition coefficient (Wildman–Crippen LogP) is 9.47. The number of H-pyrrole nitrogens is 1. The van der Waals surface area contributed by atoms with Gasteiger partial charge in [-0.15, -0.1) is 0 Å². The lowest BCUT2D eigenvalue weighted by molar-refractivity contribution is -0.383. The molecule has 6 heterocycles. The van der Waals surface area contributed by atoms with Gasteiger partial charge < -0.3 is 23.9 Å². The largest absolute Gasteiger partial charge is 0.455 e. The number of fused-ring (bicyclic) bond motifs is 2. The van der Waals surface area contributed by atoms with E-state index in [2.05, 4.69) is 62.6 Å². The molecule has 334 valence electrons. The lowest BCUT2D eigenvalue weighted by Gasteiger charge is -2.56. The molecule has 14 nitrogen and oxygen atoms in total. The molecule has 1 atom stereocenters. The first-order valence-corrected chi connectivity index (χ1v) is 24.2. The Bertz CT molecular complexity index is 2830. The molecule has 64 heavy (non-hydrogen) atoms. The lowest BCUT2D eigenvalue weighted by Crippen LogP contribution is -2.54. The number of nitrogens with zero attached hydrogens (tertiary/aromatic N) is 5. The summed E-state index contributed by atoms with van der Waals surface area (Å²) in [4.78, 5) is 38.2. The van der Waals surface area contributed by atoms with Crippen LogP contribution in [-0.4, -0.2) is 77.6 Å². The van der Waals surface area contributed by atoms with Gasteiger partial charge in [0.05, 0.1) is 21.6 Å². The molecule has 10 rings (SSSR count). The summed E-state index contributed by atoms with van der Waals surface area (Å²) in [5.41, 5.74) is 4.80. The number of ether oxygens (including phenoxy) is 2. The topological polar surface area (TPSA) is 165 Å². The number of nitro benzene ring substituents is 1. The molecule has 3 aliphatic heterocycles. The van der Waals surface area contributed by atoms with E-state index in [1.807, 2.05) is 16.7 Å². The lowest BCUT2D eigenvalue weighted by atomic mass is 9.59. The first-order valence-electron chi connectivity index (χ1n) is 22.7. The zero-order valence-corrected chi connectivity index (χ0v) is 37.2. The number of amides is 1. The second-order valence-corrected chi connectivity index (χ2v) is 20.4. The summed E-state index contributed by atoms with van der Waals surface area (Å²) in [5, 5.41) is 13.6. The third-order valence-corrected chi connectivity index (χ3v) is 15.7. The molecule has 3 aromatic heterocycles. The zero-order chi connectivity index (χ0) is 44.2. The normalized spacial score (nSPS) is 19.7. The quantitative estimate of drug-likeness (QED) is 0.0894. The zero-order valence-electron chi connectivity index (χ0n) is 36.4. The molecule has 0 bridgehead atoms. The van der Waals surface area contributed by atoms with Gasteiger partial charge in [-0.2, -0.15) is 0 Å². The highest BCUT2D eigenvalue weighted by atomic mass is 32.2. The summed E-state index contributed by atoms with van der Waals surface area (Å²) < 4.78 is 43.8. The fourth-order valence-electron chi connectivity index (χ4n) is 11.0. The highest BCUT2D eigenvalue weighted by Crippen LogP contribution is 2.54. The van der Waals surface area contributed by atoms with Gasteiger partial charge in [-0.1, -0.05) is 38.1 Å². The number of pyridine rings is 1. The first-order chi connectivity index (χ1) is 30.9. The molecule has 1 spiro atoms. The van der Waals surface area contributed by atoms with Crippen molar-refractivity contribution in [1.29, 1.82) is 0 Å². The van der Waals surface area contributed by atoms with Crippen molar-refractivity contribution in [2.75, 3.05) is 37.7 Å². The number of non-ortho nitro benzene ring substituents is 1. The van der Waals surface area contributed by atoms with Gasteiger partial charge in [0, 0.05) is 85.9 Å². The number of piperidine rings is 1. The van der Waals surface area contributed by atoms with Crippen molar-refractivity contribution in [2.45, 2.75) is 94.7 Å². The average molecular weight is 886 g/mol. The second kappa shape index (κ2) is 17.0. The third kappa shape index (κ3) is 8.13. The number of anilines is 1. The number of aromatic amines is 1. The van der Waals surface area contributed by atoms with Crippen molar-refractivity contribution in [3.63, 3.8) is 0 Å². The maximum Gasteiger partial charge on any atom is 0.294 e. The van der Waals surface area contributed by atoms with Gasteiger partial charge in [0.1, 0.15) is 22.7 Å². The SMILES string of the molecule is CC(C)c1ccccc1[C@@H]1CCCN1C1CC2(CCN(c3ccc(C(=O)NS(=O)(=O)c4cc([N+](=O)[O-])c5c(ccn5CC5CCOCC5)c4)c(Oc4cnc5[nH]ccc5c4)c3)CC2)C1. The van der Waals surface area contributed by atoms with E-state index in [1.54, 1.807) is 42.9 Å². The van der Waals surface area contributed by atoms with E-state index in [-0.39, 0.29) is 27.8 Å². The van der Waals surface area contributed by atoms with Gasteiger partial charge in [-0.05, 0) is 123 Å².